The second-order valence-corrected chi connectivity index (χ2v) is 5.75. The van der Waals surface area contributed by atoms with Crippen LogP contribution in [0.1, 0.15) is 36.0 Å². The molecule has 2 aromatic rings. The van der Waals surface area contributed by atoms with Gasteiger partial charge in [-0.1, -0.05) is 19.1 Å². The molecule has 0 aliphatic carbocycles. The Morgan fingerprint density at radius 1 is 1.30 bits per heavy atom. The molecule has 0 spiro atoms. The number of aryl methyl sites for hydroxylation is 1. The summed E-state index contributed by atoms with van der Waals surface area (Å²) in [5, 5.41) is 3.40. The molecule has 1 atom stereocenters. The molecule has 3 nitrogen and oxygen atoms in total. The first-order chi connectivity index (χ1) is 9.70. The van der Waals surface area contributed by atoms with Crippen LogP contribution in [0.4, 0.5) is 0 Å². The van der Waals surface area contributed by atoms with Crippen LogP contribution in [-0.4, -0.2) is 18.1 Å². The van der Waals surface area contributed by atoms with Crippen molar-refractivity contribution >= 4 is 11.3 Å². The van der Waals surface area contributed by atoms with Crippen molar-refractivity contribution in [2.45, 2.75) is 33.2 Å². The summed E-state index contributed by atoms with van der Waals surface area (Å²) >= 11 is 1.70. The molecule has 20 heavy (non-hydrogen) atoms. The third-order valence-electron chi connectivity index (χ3n) is 3.33. The van der Waals surface area contributed by atoms with Gasteiger partial charge in [-0.3, -0.25) is 0 Å². The van der Waals surface area contributed by atoms with Crippen LogP contribution in [0.25, 0.3) is 0 Å². The molecule has 0 amide bonds. The number of ether oxygens (including phenoxy) is 1. The third-order valence-corrected chi connectivity index (χ3v) is 4.33. The van der Waals surface area contributed by atoms with Gasteiger partial charge in [0.1, 0.15) is 5.75 Å². The molecule has 0 aliphatic rings. The van der Waals surface area contributed by atoms with E-state index >= 15 is 0 Å². The van der Waals surface area contributed by atoms with E-state index in [1.807, 2.05) is 24.6 Å². The van der Waals surface area contributed by atoms with E-state index in [4.69, 9.17) is 4.74 Å². The van der Waals surface area contributed by atoms with Gasteiger partial charge in [-0.2, -0.15) is 0 Å². The number of aromatic nitrogens is 1. The predicted octanol–water partition coefficient (Wildman–Crippen LogP) is 3.74. The van der Waals surface area contributed by atoms with E-state index in [2.05, 4.69) is 36.3 Å². The molecular weight excluding hydrogens is 268 g/mol. The molecule has 1 aromatic heterocycles. The molecule has 1 unspecified atom stereocenters. The van der Waals surface area contributed by atoms with Crippen molar-refractivity contribution in [2.75, 3.05) is 13.2 Å². The fourth-order valence-corrected chi connectivity index (χ4v) is 2.87. The van der Waals surface area contributed by atoms with E-state index < -0.39 is 0 Å². The lowest BCUT2D eigenvalue weighted by atomic mass is 10.1. The van der Waals surface area contributed by atoms with Gasteiger partial charge in [0.25, 0.3) is 0 Å². The number of hydrogen-bond acceptors (Lipinski definition) is 4. The molecule has 1 heterocycles. The molecule has 2 rings (SSSR count). The average molecular weight is 290 g/mol. The van der Waals surface area contributed by atoms with Gasteiger partial charge in [-0.15, -0.1) is 11.3 Å². The van der Waals surface area contributed by atoms with Crippen LogP contribution in [-0.2, 0) is 6.42 Å². The molecule has 0 fully saturated rings. The lowest BCUT2D eigenvalue weighted by Gasteiger charge is -2.13. The maximum Gasteiger partial charge on any atom is 0.119 e. The second kappa shape index (κ2) is 7.41. The van der Waals surface area contributed by atoms with Crippen LogP contribution in [0.3, 0.4) is 0 Å². The zero-order valence-electron chi connectivity index (χ0n) is 12.3. The Morgan fingerprint density at radius 2 is 2.05 bits per heavy atom. The van der Waals surface area contributed by atoms with Gasteiger partial charge in [0.2, 0.25) is 0 Å². The van der Waals surface area contributed by atoms with Gasteiger partial charge in [0, 0.05) is 17.3 Å². The van der Waals surface area contributed by atoms with Crippen molar-refractivity contribution in [2.24, 2.45) is 0 Å². The molecule has 0 bridgehead atoms. The molecule has 0 saturated carbocycles. The Labute approximate surface area is 125 Å². The highest BCUT2D eigenvalue weighted by atomic mass is 32.1. The first kappa shape index (κ1) is 15.0. The lowest BCUT2D eigenvalue weighted by Crippen LogP contribution is -2.17. The van der Waals surface area contributed by atoms with Crippen molar-refractivity contribution < 1.29 is 4.74 Å². The van der Waals surface area contributed by atoms with Crippen molar-refractivity contribution in [3.8, 4) is 5.75 Å². The molecule has 0 radical (unpaired) electrons. The number of thiazole rings is 1. The summed E-state index contributed by atoms with van der Waals surface area (Å²) in [7, 11) is 0. The largest absolute Gasteiger partial charge is 0.493 e. The molecule has 1 N–H and O–H groups in total. The zero-order valence-corrected chi connectivity index (χ0v) is 13.2. The highest BCUT2D eigenvalue weighted by Crippen LogP contribution is 2.18. The van der Waals surface area contributed by atoms with Crippen LogP contribution in [0, 0.1) is 6.92 Å². The summed E-state index contributed by atoms with van der Waals surface area (Å²) in [6.07, 6.45) is 0.923. The fraction of sp³-hybridized carbons (Fsp3) is 0.438. The number of hydrogen-bond donors (Lipinski definition) is 1. The summed E-state index contributed by atoms with van der Waals surface area (Å²) in [5.41, 5.74) is 4.30. The minimum atomic E-state index is 0.383. The van der Waals surface area contributed by atoms with Gasteiger partial charge in [-0.05, 0) is 38.1 Å². The minimum absolute atomic E-state index is 0.383. The number of benzene rings is 1. The zero-order chi connectivity index (χ0) is 14.4. The van der Waals surface area contributed by atoms with Crippen LogP contribution in [0.2, 0.25) is 0 Å². The fourth-order valence-electron chi connectivity index (χ4n) is 2.10. The first-order valence-electron chi connectivity index (χ1n) is 7.05. The normalized spacial score (nSPS) is 12.3. The number of rotatable bonds is 7. The summed E-state index contributed by atoms with van der Waals surface area (Å²) in [4.78, 5) is 5.55. The van der Waals surface area contributed by atoms with E-state index in [1.54, 1.807) is 11.3 Å². The Hall–Kier alpha value is -1.39. The number of nitrogens with zero attached hydrogens (tertiary/aromatic N) is 1. The summed E-state index contributed by atoms with van der Waals surface area (Å²) in [6, 6.07) is 8.72. The summed E-state index contributed by atoms with van der Waals surface area (Å²) in [6.45, 7) is 8.02. The highest BCUT2D eigenvalue weighted by Gasteiger charge is 2.04. The highest BCUT2D eigenvalue weighted by molar-refractivity contribution is 7.09. The predicted molar refractivity (Wildman–Crippen MR) is 84.6 cm³/mol. The molecule has 4 heteroatoms. The van der Waals surface area contributed by atoms with Crippen LogP contribution < -0.4 is 10.1 Å². The van der Waals surface area contributed by atoms with Gasteiger partial charge >= 0.3 is 0 Å². The standard InChI is InChI=1S/C16H22N2OS/c1-4-17-12(2)14-5-7-15(8-6-14)19-10-9-16-13(3)18-11-20-16/h5-8,11-12,17H,4,9-10H2,1-3H3. The molecular formula is C16H22N2OS. The van der Waals surface area contributed by atoms with E-state index in [0.717, 1.165) is 24.4 Å². The summed E-state index contributed by atoms with van der Waals surface area (Å²) < 4.78 is 5.79. The Morgan fingerprint density at radius 3 is 2.65 bits per heavy atom. The maximum atomic E-state index is 5.79. The quantitative estimate of drug-likeness (QED) is 0.843. The number of nitrogens with one attached hydrogen (secondary N) is 1. The minimum Gasteiger partial charge on any atom is -0.493 e. The Kier molecular flexibility index (Phi) is 5.56. The van der Waals surface area contributed by atoms with Gasteiger partial charge in [0.15, 0.2) is 0 Å². The molecule has 0 saturated heterocycles. The maximum absolute atomic E-state index is 5.79. The first-order valence-corrected chi connectivity index (χ1v) is 7.93. The molecule has 1 aromatic carbocycles. The Balaban J connectivity index is 1.83. The van der Waals surface area contributed by atoms with Gasteiger partial charge in [-0.25, -0.2) is 4.98 Å². The van der Waals surface area contributed by atoms with Crippen molar-refractivity contribution in [1.29, 1.82) is 0 Å². The van der Waals surface area contributed by atoms with E-state index in [0.29, 0.717) is 12.6 Å². The van der Waals surface area contributed by atoms with Crippen molar-refractivity contribution in [1.82, 2.24) is 10.3 Å². The van der Waals surface area contributed by atoms with E-state index in [1.165, 1.54) is 10.4 Å². The van der Waals surface area contributed by atoms with Gasteiger partial charge in [0.05, 0.1) is 17.8 Å². The van der Waals surface area contributed by atoms with Gasteiger partial charge < -0.3 is 10.1 Å². The van der Waals surface area contributed by atoms with E-state index in [-0.39, 0.29) is 0 Å². The van der Waals surface area contributed by atoms with Crippen LogP contribution >= 0.6 is 11.3 Å². The smallest absolute Gasteiger partial charge is 0.119 e. The van der Waals surface area contributed by atoms with Crippen LogP contribution in [0.15, 0.2) is 29.8 Å². The average Bonchev–Trinajstić information content (AvgIpc) is 2.85. The second-order valence-electron chi connectivity index (χ2n) is 4.81. The van der Waals surface area contributed by atoms with Crippen LogP contribution in [0.5, 0.6) is 5.75 Å². The monoisotopic (exact) mass is 290 g/mol. The summed E-state index contributed by atoms with van der Waals surface area (Å²) in [5.74, 6) is 0.930. The topological polar surface area (TPSA) is 34.1 Å². The SMILES string of the molecule is CCNC(C)c1ccc(OCCc2scnc2C)cc1. The van der Waals surface area contributed by atoms with E-state index in [9.17, 15) is 0 Å². The molecule has 0 aliphatic heterocycles. The van der Waals surface area contributed by atoms with Crippen molar-refractivity contribution in [3.05, 3.63) is 45.9 Å². The molecule has 108 valence electrons. The lowest BCUT2D eigenvalue weighted by molar-refractivity contribution is 0.322. The third kappa shape index (κ3) is 4.05. The van der Waals surface area contributed by atoms with Crippen molar-refractivity contribution in [3.63, 3.8) is 0 Å². The Bertz CT molecular complexity index is 522.